The summed E-state index contributed by atoms with van der Waals surface area (Å²) in [7, 11) is 0. The summed E-state index contributed by atoms with van der Waals surface area (Å²) in [6.07, 6.45) is 0. The summed E-state index contributed by atoms with van der Waals surface area (Å²) < 4.78 is 36.8. The Bertz CT molecular complexity index is 260. The van der Waals surface area contributed by atoms with Crippen LogP contribution in [0.3, 0.4) is 0 Å². The van der Waals surface area contributed by atoms with Gasteiger partial charge in [0.25, 0.3) is 0 Å². The van der Waals surface area contributed by atoms with E-state index in [9.17, 15) is 10.1 Å². The van der Waals surface area contributed by atoms with E-state index in [1.54, 1.807) is 0 Å². The summed E-state index contributed by atoms with van der Waals surface area (Å²) in [5.41, 5.74) is 0.361. The van der Waals surface area contributed by atoms with E-state index in [4.69, 9.17) is 0 Å². The molecule has 0 atom stereocenters. The van der Waals surface area contributed by atoms with E-state index in [1.807, 2.05) is 0 Å². The minimum absolute atomic E-state index is 0.0515. The van der Waals surface area contributed by atoms with E-state index in [-0.39, 0.29) is 3.57 Å². The Morgan fingerprint density at radius 3 is 2.36 bits per heavy atom. The van der Waals surface area contributed by atoms with Gasteiger partial charge in [-0.25, -0.2) is 0 Å². The van der Waals surface area contributed by atoms with E-state index >= 15 is 0 Å². The first-order valence-corrected chi connectivity index (χ1v) is 5.61. The first kappa shape index (κ1) is 8.83. The Morgan fingerprint density at radius 1 is 1.27 bits per heavy atom. The molecule has 0 aliphatic heterocycles. The van der Waals surface area contributed by atoms with Crippen LogP contribution in [0.25, 0.3) is 0 Å². The van der Waals surface area contributed by atoms with Crippen molar-refractivity contribution in [3.63, 3.8) is 0 Å². The third-order valence-electron chi connectivity index (χ3n) is 1.27. The molecule has 4 heteroatoms. The van der Waals surface area contributed by atoms with Crippen molar-refractivity contribution < 1.29 is 10.1 Å². The van der Waals surface area contributed by atoms with E-state index in [0.717, 1.165) is 12.1 Å². The van der Waals surface area contributed by atoms with Crippen molar-refractivity contribution in [2.75, 3.05) is 0 Å². The number of rotatable bonds is 1. The van der Waals surface area contributed by atoms with Crippen LogP contribution >= 0.6 is 21.0 Å². The summed E-state index contributed by atoms with van der Waals surface area (Å²) in [5.74, 6) is -0.455. The average Bonchev–Trinajstić information content (AvgIpc) is 1.85. The monoisotopic (exact) mass is 274 g/mol. The zero-order valence-corrected chi connectivity index (χ0v) is 7.90. The Hall–Kier alpha value is -0.260. The second kappa shape index (κ2) is 3.42. The van der Waals surface area contributed by atoms with Crippen molar-refractivity contribution >= 4 is 21.0 Å². The molecule has 11 heavy (non-hydrogen) atoms. The molecular weight excluding hydrogens is 268 g/mol. The molecule has 0 fully saturated rings. The fraction of sp³-hybridized carbons (Fsp3) is 0.143. The fourth-order valence-electron chi connectivity index (χ4n) is 0.768. The normalized spacial score (nSPS) is 11.5. The van der Waals surface area contributed by atoms with Gasteiger partial charge in [0.2, 0.25) is 0 Å². The Balaban J connectivity index is 3.09. The molecule has 0 unspecified atom stereocenters. The molecule has 1 aromatic carbocycles. The van der Waals surface area contributed by atoms with Crippen molar-refractivity contribution in [2.45, 2.75) is 6.92 Å². The molecule has 0 spiro atoms. The van der Waals surface area contributed by atoms with Crippen LogP contribution < -0.4 is 0 Å². The second-order valence-corrected chi connectivity index (χ2v) is 4.38. The molecule has 0 bridgehead atoms. The molecule has 0 heterocycles. The summed E-state index contributed by atoms with van der Waals surface area (Å²) in [6.45, 7) is 1.50. The van der Waals surface area contributed by atoms with Crippen molar-refractivity contribution in [2.24, 2.45) is 0 Å². The van der Waals surface area contributed by atoms with Gasteiger partial charge in [-0.1, -0.05) is 0 Å². The van der Waals surface area contributed by atoms with Gasteiger partial charge in [0.15, 0.2) is 0 Å². The van der Waals surface area contributed by atoms with Gasteiger partial charge in [-0.3, -0.25) is 0 Å². The topological polar surface area (TPSA) is 0 Å². The van der Waals surface area contributed by atoms with Gasteiger partial charge in [-0.15, -0.1) is 0 Å². The van der Waals surface area contributed by atoms with Crippen molar-refractivity contribution in [3.8, 4) is 0 Å². The van der Waals surface area contributed by atoms with Crippen LogP contribution in [0.5, 0.6) is 0 Å². The third-order valence-corrected chi connectivity index (χ3v) is 3.36. The zero-order valence-electron chi connectivity index (χ0n) is 5.74. The van der Waals surface area contributed by atoms with Crippen LogP contribution in [0, 0.1) is 16.3 Å². The van der Waals surface area contributed by atoms with Crippen LogP contribution in [0.1, 0.15) is 5.56 Å². The first-order chi connectivity index (χ1) is 5.11. The van der Waals surface area contributed by atoms with Crippen molar-refractivity contribution in [1.82, 2.24) is 0 Å². The molecule has 0 saturated heterocycles. The molecule has 1 aromatic rings. The van der Waals surface area contributed by atoms with Gasteiger partial charge in [0.05, 0.1) is 0 Å². The van der Waals surface area contributed by atoms with Crippen molar-refractivity contribution in [1.29, 1.82) is 0 Å². The van der Waals surface area contributed by atoms with Crippen LogP contribution in [-0.2, 0) is 0 Å². The SMILES string of the molecule is Cc1cc(F)ccc1I(F)F. The van der Waals surface area contributed by atoms with Gasteiger partial charge in [0.1, 0.15) is 0 Å². The first-order valence-electron chi connectivity index (χ1n) is 2.90. The summed E-state index contributed by atoms with van der Waals surface area (Å²) in [4.78, 5) is 0. The van der Waals surface area contributed by atoms with Gasteiger partial charge in [0, 0.05) is 0 Å². The number of benzene rings is 1. The zero-order chi connectivity index (χ0) is 8.43. The quantitative estimate of drug-likeness (QED) is 0.686. The van der Waals surface area contributed by atoms with Crippen LogP contribution in [0.4, 0.5) is 10.1 Å². The van der Waals surface area contributed by atoms with Gasteiger partial charge in [-0.2, -0.15) is 0 Å². The predicted molar refractivity (Wildman–Crippen MR) is 46.1 cm³/mol. The van der Waals surface area contributed by atoms with Crippen LogP contribution in [0.15, 0.2) is 18.2 Å². The van der Waals surface area contributed by atoms with E-state index < -0.39 is 26.8 Å². The molecule has 62 valence electrons. The third kappa shape index (κ3) is 2.08. The fourth-order valence-corrected chi connectivity index (χ4v) is 2.02. The summed E-state index contributed by atoms with van der Waals surface area (Å²) in [5, 5.41) is 0. The molecule has 0 N–H and O–H groups in total. The Morgan fingerprint density at radius 2 is 1.91 bits per heavy atom. The standard InChI is InChI=1S/C7H6F3I/c1-5-4-6(8)2-3-7(5)11(9)10/h2-4H,1H3. The molecule has 0 nitrogen and oxygen atoms in total. The maximum absolute atomic E-state index is 12.4. The van der Waals surface area contributed by atoms with Crippen LogP contribution in [0.2, 0.25) is 0 Å². The summed E-state index contributed by atoms with van der Waals surface area (Å²) in [6, 6.07) is 3.39. The molecule has 0 radical (unpaired) electrons. The molecule has 0 aliphatic rings. The van der Waals surface area contributed by atoms with Gasteiger partial charge >= 0.3 is 71.1 Å². The Labute approximate surface area is 71.4 Å². The average molecular weight is 274 g/mol. The molecular formula is C7H6F3I. The molecule has 0 aliphatic carbocycles. The van der Waals surface area contributed by atoms with Crippen molar-refractivity contribution in [3.05, 3.63) is 33.1 Å². The van der Waals surface area contributed by atoms with Crippen LogP contribution in [-0.4, -0.2) is 0 Å². The van der Waals surface area contributed by atoms with Gasteiger partial charge < -0.3 is 0 Å². The molecule has 0 amide bonds. The predicted octanol–water partition coefficient (Wildman–Crippen LogP) is 3.58. The number of aryl methyl sites for hydroxylation is 1. The number of hydrogen-bond acceptors (Lipinski definition) is 0. The second-order valence-electron chi connectivity index (χ2n) is 2.09. The number of hydrogen-bond donors (Lipinski definition) is 0. The number of halogens is 4. The maximum atomic E-state index is 12.4. The Kier molecular flexibility index (Phi) is 2.75. The van der Waals surface area contributed by atoms with E-state index in [2.05, 4.69) is 0 Å². The minimum atomic E-state index is -3.91. The van der Waals surface area contributed by atoms with Gasteiger partial charge in [-0.05, 0) is 0 Å². The summed E-state index contributed by atoms with van der Waals surface area (Å²) >= 11 is -3.91. The van der Waals surface area contributed by atoms with E-state index in [1.165, 1.54) is 13.0 Å². The molecule has 0 aromatic heterocycles. The van der Waals surface area contributed by atoms with E-state index in [0.29, 0.717) is 5.56 Å². The molecule has 0 saturated carbocycles. The molecule has 1 rings (SSSR count).